The van der Waals surface area contributed by atoms with Crippen molar-refractivity contribution in [3.8, 4) is 0 Å². The largest absolute Gasteiger partial charge is 0.374 e. The van der Waals surface area contributed by atoms with E-state index < -0.39 is 0 Å². The van der Waals surface area contributed by atoms with E-state index in [-0.39, 0.29) is 0 Å². The zero-order valence-corrected chi connectivity index (χ0v) is 14.5. The van der Waals surface area contributed by atoms with E-state index in [1.54, 1.807) is 0 Å². The number of hydrogen-bond donors (Lipinski definition) is 1. The van der Waals surface area contributed by atoms with Crippen molar-refractivity contribution in [2.24, 2.45) is 5.92 Å². The highest BCUT2D eigenvalue weighted by Gasteiger charge is 2.26. The minimum absolute atomic E-state index is 0.376. The van der Waals surface area contributed by atoms with E-state index in [4.69, 9.17) is 4.74 Å². The first-order valence-electron chi connectivity index (χ1n) is 8.86. The van der Waals surface area contributed by atoms with E-state index in [1.807, 2.05) is 0 Å². The molecule has 124 valence electrons. The Morgan fingerprint density at radius 2 is 2.05 bits per heavy atom. The number of nitrogens with one attached hydrogen (secondary N) is 1. The maximum atomic E-state index is 6.03. The molecular weight excluding hydrogens is 262 g/mol. The average molecular weight is 297 g/mol. The maximum Gasteiger partial charge on any atom is 0.0829 e. The van der Waals surface area contributed by atoms with Gasteiger partial charge in [0.25, 0.3) is 0 Å². The van der Waals surface area contributed by atoms with Crippen LogP contribution >= 0.6 is 0 Å². The van der Waals surface area contributed by atoms with Crippen molar-refractivity contribution in [2.45, 2.75) is 58.7 Å². The van der Waals surface area contributed by atoms with Crippen molar-refractivity contribution < 1.29 is 4.74 Å². The van der Waals surface area contributed by atoms with E-state index >= 15 is 0 Å². The number of hydrogen-bond acceptors (Lipinski definition) is 4. The van der Waals surface area contributed by atoms with Crippen LogP contribution in [0.15, 0.2) is 0 Å². The van der Waals surface area contributed by atoms with Crippen molar-refractivity contribution in [2.75, 3.05) is 45.9 Å². The summed E-state index contributed by atoms with van der Waals surface area (Å²) in [7, 11) is 0. The van der Waals surface area contributed by atoms with Gasteiger partial charge in [0.05, 0.1) is 12.7 Å². The molecule has 2 atom stereocenters. The zero-order chi connectivity index (χ0) is 15.2. The molecule has 2 saturated heterocycles. The van der Waals surface area contributed by atoms with E-state index in [2.05, 4.69) is 42.8 Å². The quantitative estimate of drug-likeness (QED) is 0.775. The van der Waals surface area contributed by atoms with E-state index in [1.165, 1.54) is 32.5 Å². The lowest BCUT2D eigenvalue weighted by atomic mass is 10.1. The fraction of sp³-hybridized carbons (Fsp3) is 1.00. The smallest absolute Gasteiger partial charge is 0.0829 e. The lowest BCUT2D eigenvalue weighted by molar-refractivity contribution is -0.0503. The molecule has 0 bridgehead atoms. The molecule has 0 spiro atoms. The standard InChI is InChI=1S/C17H35N3O/c1-14(2)10-19-8-9-21-17(12-19)13-20(15(3)4)11-16-6-5-7-18-16/h14-18H,5-13H2,1-4H3. The SMILES string of the molecule is CC(C)CN1CCOC(CN(CC2CCCN2)C(C)C)C1. The molecule has 0 aliphatic carbocycles. The Morgan fingerprint density at radius 3 is 2.67 bits per heavy atom. The Balaban J connectivity index is 1.81. The Hall–Kier alpha value is -0.160. The van der Waals surface area contributed by atoms with Crippen molar-refractivity contribution in [1.29, 1.82) is 0 Å². The van der Waals surface area contributed by atoms with Gasteiger partial charge in [-0.25, -0.2) is 0 Å². The third-order valence-corrected chi connectivity index (χ3v) is 4.63. The molecule has 0 radical (unpaired) electrons. The van der Waals surface area contributed by atoms with Crippen LogP contribution in [0, 0.1) is 5.92 Å². The second-order valence-corrected chi connectivity index (χ2v) is 7.49. The Kier molecular flexibility index (Phi) is 6.93. The molecule has 4 nitrogen and oxygen atoms in total. The average Bonchev–Trinajstić information content (AvgIpc) is 2.90. The maximum absolute atomic E-state index is 6.03. The number of rotatable bonds is 7. The second kappa shape index (κ2) is 8.47. The molecule has 1 N–H and O–H groups in total. The second-order valence-electron chi connectivity index (χ2n) is 7.49. The molecule has 21 heavy (non-hydrogen) atoms. The van der Waals surface area contributed by atoms with Gasteiger partial charge >= 0.3 is 0 Å². The van der Waals surface area contributed by atoms with Gasteiger partial charge in [-0.3, -0.25) is 9.80 Å². The van der Waals surface area contributed by atoms with Gasteiger partial charge in [0, 0.05) is 44.8 Å². The third kappa shape index (κ3) is 5.85. The minimum atomic E-state index is 0.376. The summed E-state index contributed by atoms with van der Waals surface area (Å²) in [6.45, 7) is 16.9. The normalized spacial score (nSPS) is 28.1. The molecule has 2 aliphatic rings. The Bertz CT molecular complexity index is 290. The van der Waals surface area contributed by atoms with Crippen LogP contribution in [-0.4, -0.2) is 73.9 Å². The molecule has 0 saturated carbocycles. The molecule has 0 amide bonds. The molecule has 2 aliphatic heterocycles. The van der Waals surface area contributed by atoms with Gasteiger partial charge in [0.2, 0.25) is 0 Å². The Morgan fingerprint density at radius 1 is 1.24 bits per heavy atom. The van der Waals surface area contributed by atoms with Gasteiger partial charge in [-0.05, 0) is 39.2 Å². The van der Waals surface area contributed by atoms with Crippen LogP contribution in [-0.2, 0) is 4.74 Å². The van der Waals surface area contributed by atoms with E-state index in [0.29, 0.717) is 18.2 Å². The number of ether oxygens (including phenoxy) is 1. The topological polar surface area (TPSA) is 27.7 Å². The third-order valence-electron chi connectivity index (χ3n) is 4.63. The van der Waals surface area contributed by atoms with Crippen LogP contribution in [0.3, 0.4) is 0 Å². The highest BCUT2D eigenvalue weighted by atomic mass is 16.5. The molecule has 2 rings (SSSR count). The summed E-state index contributed by atoms with van der Waals surface area (Å²) in [5.41, 5.74) is 0. The minimum Gasteiger partial charge on any atom is -0.374 e. The van der Waals surface area contributed by atoms with Crippen LogP contribution < -0.4 is 5.32 Å². The van der Waals surface area contributed by atoms with Gasteiger partial charge in [-0.15, -0.1) is 0 Å². The van der Waals surface area contributed by atoms with Gasteiger partial charge < -0.3 is 10.1 Å². The first kappa shape index (κ1) is 17.2. The Labute approximate surface area is 131 Å². The highest BCUT2D eigenvalue weighted by Crippen LogP contribution is 2.14. The van der Waals surface area contributed by atoms with Crippen LogP contribution in [0.4, 0.5) is 0 Å². The van der Waals surface area contributed by atoms with Gasteiger partial charge in [-0.2, -0.15) is 0 Å². The van der Waals surface area contributed by atoms with Crippen molar-refractivity contribution in [3.05, 3.63) is 0 Å². The first-order valence-corrected chi connectivity index (χ1v) is 8.86. The lowest BCUT2D eigenvalue weighted by Crippen LogP contribution is -2.51. The fourth-order valence-corrected chi connectivity index (χ4v) is 3.53. The summed E-state index contributed by atoms with van der Waals surface area (Å²) in [5.74, 6) is 0.743. The van der Waals surface area contributed by atoms with Crippen molar-refractivity contribution in [3.63, 3.8) is 0 Å². The molecule has 4 heteroatoms. The molecule has 2 fully saturated rings. The summed E-state index contributed by atoms with van der Waals surface area (Å²) in [5, 5.41) is 3.62. The summed E-state index contributed by atoms with van der Waals surface area (Å²) >= 11 is 0. The molecule has 0 aromatic carbocycles. The lowest BCUT2D eigenvalue weighted by Gasteiger charge is -2.38. The van der Waals surface area contributed by atoms with Gasteiger partial charge in [-0.1, -0.05) is 13.8 Å². The fourth-order valence-electron chi connectivity index (χ4n) is 3.53. The predicted molar refractivity (Wildman–Crippen MR) is 88.8 cm³/mol. The molecule has 0 aromatic heterocycles. The first-order chi connectivity index (χ1) is 10.0. The predicted octanol–water partition coefficient (Wildman–Crippen LogP) is 1.81. The van der Waals surface area contributed by atoms with Crippen LogP contribution in [0.5, 0.6) is 0 Å². The summed E-state index contributed by atoms with van der Waals surface area (Å²) in [6.07, 6.45) is 3.04. The van der Waals surface area contributed by atoms with Crippen LogP contribution in [0.25, 0.3) is 0 Å². The summed E-state index contributed by atoms with van der Waals surface area (Å²) < 4.78 is 6.03. The van der Waals surface area contributed by atoms with Crippen molar-refractivity contribution >= 4 is 0 Å². The zero-order valence-electron chi connectivity index (χ0n) is 14.5. The molecule has 0 aromatic rings. The summed E-state index contributed by atoms with van der Waals surface area (Å²) in [6, 6.07) is 1.28. The number of morpholine rings is 1. The van der Waals surface area contributed by atoms with Gasteiger partial charge in [0.15, 0.2) is 0 Å². The summed E-state index contributed by atoms with van der Waals surface area (Å²) in [4.78, 5) is 5.18. The monoisotopic (exact) mass is 297 g/mol. The number of nitrogens with zero attached hydrogens (tertiary/aromatic N) is 2. The molecule has 2 heterocycles. The highest BCUT2D eigenvalue weighted by molar-refractivity contribution is 4.82. The molecule has 2 unspecified atom stereocenters. The van der Waals surface area contributed by atoms with Gasteiger partial charge in [0.1, 0.15) is 0 Å². The molecular formula is C17H35N3O. The van der Waals surface area contributed by atoms with Crippen LogP contribution in [0.2, 0.25) is 0 Å². The van der Waals surface area contributed by atoms with E-state index in [0.717, 1.165) is 32.2 Å². The van der Waals surface area contributed by atoms with Crippen LogP contribution in [0.1, 0.15) is 40.5 Å². The van der Waals surface area contributed by atoms with E-state index in [9.17, 15) is 0 Å². The van der Waals surface area contributed by atoms with Crippen molar-refractivity contribution in [1.82, 2.24) is 15.1 Å².